The summed E-state index contributed by atoms with van der Waals surface area (Å²) in [5.74, 6) is 4.96. The van der Waals surface area contributed by atoms with Gasteiger partial charge < -0.3 is 4.74 Å². The van der Waals surface area contributed by atoms with Crippen LogP contribution in [-0.4, -0.2) is 24.8 Å². The Kier molecular flexibility index (Phi) is 5.36. The van der Waals surface area contributed by atoms with Crippen LogP contribution in [0.4, 0.5) is 0 Å². The average molecular weight is 425 g/mol. The van der Waals surface area contributed by atoms with Crippen LogP contribution in [0, 0.1) is 46.3 Å². The van der Waals surface area contributed by atoms with E-state index in [1.165, 1.54) is 51.4 Å². The van der Waals surface area contributed by atoms with Crippen LogP contribution in [0.2, 0.25) is 0 Å². The summed E-state index contributed by atoms with van der Waals surface area (Å²) in [6, 6.07) is 0. The topological polar surface area (TPSA) is 26.3 Å². The Bertz CT molecular complexity index is 548. The first kappa shape index (κ1) is 19.4. The molecule has 0 bridgehead atoms. The maximum absolute atomic E-state index is 12.6. The van der Waals surface area contributed by atoms with E-state index >= 15 is 0 Å². The molecule has 0 spiro atoms. The van der Waals surface area contributed by atoms with Crippen LogP contribution in [-0.2, 0) is 9.53 Å². The highest BCUT2D eigenvalue weighted by Crippen LogP contribution is 2.68. The lowest BCUT2D eigenvalue weighted by molar-refractivity contribution is -0.153. The lowest BCUT2D eigenvalue weighted by Crippen LogP contribution is -2.56. The molecule has 8 atom stereocenters. The van der Waals surface area contributed by atoms with Gasteiger partial charge in [-0.1, -0.05) is 36.2 Å². The first-order valence-electron chi connectivity index (χ1n) is 11.0. The summed E-state index contributed by atoms with van der Waals surface area (Å²) < 4.78 is 5.88. The lowest BCUT2D eigenvalue weighted by atomic mass is 9.44. The number of carbonyl (C=O) groups excluding carboxylic acids is 1. The van der Waals surface area contributed by atoms with Crippen LogP contribution < -0.4 is 0 Å². The highest BCUT2D eigenvalue weighted by molar-refractivity contribution is 9.09. The smallest absolute Gasteiger partial charge is 0.147 e. The third kappa shape index (κ3) is 2.78. The monoisotopic (exact) mass is 424 g/mol. The Balaban J connectivity index is 1.63. The third-order valence-corrected chi connectivity index (χ3v) is 10.1. The number of methoxy groups -OCH3 is 1. The number of hydrogen-bond donors (Lipinski definition) is 0. The molecule has 26 heavy (non-hydrogen) atoms. The van der Waals surface area contributed by atoms with Gasteiger partial charge in [-0.15, -0.1) is 0 Å². The third-order valence-electron chi connectivity index (χ3n) is 9.56. The summed E-state index contributed by atoms with van der Waals surface area (Å²) in [5.41, 5.74) is 0.693. The van der Waals surface area contributed by atoms with E-state index in [1.807, 2.05) is 7.11 Å². The van der Waals surface area contributed by atoms with E-state index in [1.54, 1.807) is 0 Å². The molecule has 4 aliphatic carbocycles. The van der Waals surface area contributed by atoms with Crippen molar-refractivity contribution < 1.29 is 9.53 Å². The predicted molar refractivity (Wildman–Crippen MR) is 109 cm³/mol. The Morgan fingerprint density at radius 3 is 2.62 bits per heavy atom. The summed E-state index contributed by atoms with van der Waals surface area (Å²) in [7, 11) is 1.92. The molecule has 3 heteroatoms. The van der Waals surface area contributed by atoms with Gasteiger partial charge in [0.25, 0.3) is 0 Å². The zero-order valence-electron chi connectivity index (χ0n) is 16.9. The zero-order chi connectivity index (χ0) is 18.5. The normalized spacial score (nSPS) is 50.6. The fraction of sp³-hybridized carbons (Fsp3) is 0.957. The minimum Gasteiger partial charge on any atom is -0.384 e. The number of rotatable bonds is 4. The number of ether oxygens (including phenoxy) is 1. The van der Waals surface area contributed by atoms with Crippen LogP contribution in [0.3, 0.4) is 0 Å². The van der Waals surface area contributed by atoms with Crippen molar-refractivity contribution in [3.05, 3.63) is 0 Å². The molecule has 0 aliphatic heterocycles. The number of fused-ring (bicyclic) bond motifs is 5. The van der Waals surface area contributed by atoms with E-state index in [0.29, 0.717) is 22.4 Å². The van der Waals surface area contributed by atoms with Crippen molar-refractivity contribution in [2.45, 2.75) is 71.6 Å². The Labute approximate surface area is 168 Å². The molecular formula is C23H37BrO2. The van der Waals surface area contributed by atoms with Gasteiger partial charge in [0.2, 0.25) is 0 Å². The van der Waals surface area contributed by atoms with Crippen molar-refractivity contribution in [2.75, 3.05) is 19.0 Å². The summed E-state index contributed by atoms with van der Waals surface area (Å²) in [6.07, 6.45) is 12.0. The van der Waals surface area contributed by atoms with E-state index in [4.69, 9.17) is 4.74 Å². The minimum atomic E-state index is 0.259. The van der Waals surface area contributed by atoms with Crippen molar-refractivity contribution in [1.29, 1.82) is 0 Å². The molecule has 4 aliphatic rings. The summed E-state index contributed by atoms with van der Waals surface area (Å²) in [6.45, 7) is 5.89. The van der Waals surface area contributed by atoms with Crippen molar-refractivity contribution in [1.82, 2.24) is 0 Å². The fourth-order valence-corrected chi connectivity index (χ4v) is 8.83. The summed E-state index contributed by atoms with van der Waals surface area (Å²) >= 11 is 3.45. The molecule has 5 unspecified atom stereocenters. The van der Waals surface area contributed by atoms with Crippen LogP contribution in [0.15, 0.2) is 0 Å². The fourth-order valence-electron chi connectivity index (χ4n) is 8.44. The molecule has 0 aromatic heterocycles. The molecule has 0 radical (unpaired) electrons. The maximum Gasteiger partial charge on any atom is 0.147 e. The second-order valence-corrected chi connectivity index (χ2v) is 11.0. The maximum atomic E-state index is 12.6. The summed E-state index contributed by atoms with van der Waals surface area (Å²) in [5, 5.41) is 0.543. The highest BCUT2D eigenvalue weighted by atomic mass is 79.9. The summed E-state index contributed by atoms with van der Waals surface area (Å²) in [4.78, 5) is 12.6. The number of ketones is 1. The number of alkyl halides is 1. The van der Waals surface area contributed by atoms with Crippen molar-refractivity contribution in [2.24, 2.45) is 46.3 Å². The molecule has 2 nitrogen and oxygen atoms in total. The molecule has 0 aromatic carbocycles. The zero-order valence-corrected chi connectivity index (χ0v) is 18.5. The quantitative estimate of drug-likeness (QED) is 0.527. The second kappa shape index (κ2) is 7.17. The Morgan fingerprint density at radius 2 is 1.88 bits per heavy atom. The second-order valence-electron chi connectivity index (χ2n) is 10.5. The van der Waals surface area contributed by atoms with Gasteiger partial charge in [0.15, 0.2) is 0 Å². The van der Waals surface area contributed by atoms with Crippen molar-refractivity contribution in [3.8, 4) is 0 Å². The molecule has 4 rings (SSSR count). The van der Waals surface area contributed by atoms with Gasteiger partial charge in [-0.25, -0.2) is 0 Å². The Hall–Kier alpha value is 0.110. The van der Waals surface area contributed by atoms with Crippen LogP contribution >= 0.6 is 15.9 Å². The van der Waals surface area contributed by atoms with Gasteiger partial charge >= 0.3 is 0 Å². The van der Waals surface area contributed by atoms with Gasteiger partial charge in [-0.3, -0.25) is 4.79 Å². The van der Waals surface area contributed by atoms with E-state index in [9.17, 15) is 4.79 Å². The number of halogens is 1. The minimum absolute atomic E-state index is 0.259. The van der Waals surface area contributed by atoms with Crippen molar-refractivity contribution >= 4 is 21.7 Å². The first-order chi connectivity index (χ1) is 12.5. The van der Waals surface area contributed by atoms with E-state index in [2.05, 4.69) is 29.8 Å². The SMILES string of the molecule is COCC12CCC(C)C[C@H]1CCC1C2CC[C@@]2(C)C1CC[C@@H]2C(=O)CBr. The molecule has 148 valence electrons. The van der Waals surface area contributed by atoms with Gasteiger partial charge in [0.05, 0.1) is 11.9 Å². The molecule has 0 N–H and O–H groups in total. The van der Waals surface area contributed by atoms with E-state index in [0.717, 1.165) is 42.6 Å². The number of carbonyl (C=O) groups is 1. The van der Waals surface area contributed by atoms with Gasteiger partial charge in [0.1, 0.15) is 5.78 Å². The molecule has 0 amide bonds. The largest absolute Gasteiger partial charge is 0.384 e. The Morgan fingerprint density at radius 1 is 1.08 bits per heavy atom. The number of Topliss-reactive ketones (excluding diaryl/α,β-unsaturated/α-hetero) is 1. The molecule has 4 fully saturated rings. The molecule has 0 aromatic rings. The van der Waals surface area contributed by atoms with Gasteiger partial charge in [0, 0.05) is 13.0 Å². The van der Waals surface area contributed by atoms with Crippen LogP contribution in [0.5, 0.6) is 0 Å². The van der Waals surface area contributed by atoms with Gasteiger partial charge in [-0.2, -0.15) is 0 Å². The van der Waals surface area contributed by atoms with Crippen LogP contribution in [0.25, 0.3) is 0 Å². The van der Waals surface area contributed by atoms with Crippen molar-refractivity contribution in [3.63, 3.8) is 0 Å². The molecule has 4 saturated carbocycles. The predicted octanol–water partition coefficient (Wildman–Crippen LogP) is 5.87. The van der Waals surface area contributed by atoms with Gasteiger partial charge in [-0.05, 0) is 91.8 Å². The van der Waals surface area contributed by atoms with E-state index in [-0.39, 0.29) is 5.41 Å². The lowest BCUT2D eigenvalue weighted by Gasteiger charge is -2.61. The van der Waals surface area contributed by atoms with E-state index < -0.39 is 0 Å². The molecule has 0 heterocycles. The first-order valence-corrected chi connectivity index (χ1v) is 12.2. The highest BCUT2D eigenvalue weighted by Gasteiger charge is 2.62. The number of hydrogen-bond acceptors (Lipinski definition) is 2. The average Bonchev–Trinajstić information content (AvgIpc) is 2.99. The van der Waals surface area contributed by atoms with Crippen LogP contribution in [0.1, 0.15) is 71.6 Å². The molecule has 0 saturated heterocycles. The molecular weight excluding hydrogens is 388 g/mol. The standard InChI is InChI=1S/C23H37BrO2/c1-15-8-11-23(14-26-3)16(12-15)4-5-17-18-6-7-20(21(25)13-24)22(18,2)10-9-19(17)23/h15-20H,4-14H2,1-3H3/t15?,16-,17?,18?,19?,20-,22+,23?/m1/s1.